The number of anilines is 1. The van der Waals surface area contributed by atoms with Crippen LogP contribution in [0.5, 0.6) is 5.75 Å². The van der Waals surface area contributed by atoms with Crippen molar-refractivity contribution < 1.29 is 19.2 Å². The molecule has 0 aliphatic carbocycles. The molecule has 1 aliphatic heterocycles. The van der Waals surface area contributed by atoms with E-state index in [4.69, 9.17) is 4.74 Å². The van der Waals surface area contributed by atoms with Gasteiger partial charge in [0.05, 0.1) is 23.4 Å². The van der Waals surface area contributed by atoms with Gasteiger partial charge in [-0.2, -0.15) is 0 Å². The lowest BCUT2D eigenvalue weighted by Crippen LogP contribution is -2.42. The molecule has 0 radical (unpaired) electrons. The van der Waals surface area contributed by atoms with Crippen LogP contribution in [0.4, 0.5) is 11.4 Å². The zero-order chi connectivity index (χ0) is 19.9. The van der Waals surface area contributed by atoms with Crippen LogP contribution in [-0.2, 0) is 11.3 Å². The second-order valence-electron chi connectivity index (χ2n) is 6.33. The minimum Gasteiger partial charge on any atom is -0.479 e. The number of ketones is 1. The minimum absolute atomic E-state index is 0.176. The van der Waals surface area contributed by atoms with Crippen LogP contribution >= 0.6 is 0 Å². The normalized spacial score (nSPS) is 15.9. The topological polar surface area (TPSA) is 112 Å². The van der Waals surface area contributed by atoms with E-state index in [2.05, 4.69) is 0 Å². The molecule has 140 valence electrons. The molecule has 2 aromatic rings. The molecule has 1 atom stereocenters. The third kappa shape index (κ3) is 3.31. The van der Waals surface area contributed by atoms with Crippen molar-refractivity contribution in [2.45, 2.75) is 26.5 Å². The van der Waals surface area contributed by atoms with E-state index in [1.165, 1.54) is 30.0 Å². The van der Waals surface area contributed by atoms with Crippen molar-refractivity contribution in [2.24, 2.45) is 0 Å². The molecule has 9 heteroatoms. The van der Waals surface area contributed by atoms with Crippen molar-refractivity contribution in [2.75, 3.05) is 11.9 Å². The molecule has 0 bridgehead atoms. The van der Waals surface area contributed by atoms with Crippen LogP contribution in [0, 0.1) is 17.0 Å². The number of hydrogen-bond acceptors (Lipinski definition) is 6. The van der Waals surface area contributed by atoms with Crippen molar-refractivity contribution in [3.63, 3.8) is 0 Å². The zero-order valence-electron chi connectivity index (χ0n) is 15.0. The third-order valence-corrected chi connectivity index (χ3v) is 4.40. The smallest absolute Gasteiger partial charge is 0.286 e. The molecule has 1 aromatic carbocycles. The number of amides is 1. The first-order valence-corrected chi connectivity index (χ1v) is 8.16. The number of likely N-dealkylation sites (N-methyl/N-ethyl adjacent to an activating group) is 1. The number of nitrogens with zero attached hydrogens (tertiary/aromatic N) is 3. The highest BCUT2D eigenvalue weighted by Gasteiger charge is 2.29. The maximum Gasteiger partial charge on any atom is 0.286 e. The molecule has 1 unspecified atom stereocenters. The van der Waals surface area contributed by atoms with E-state index in [9.17, 15) is 24.5 Å². The average molecular weight is 371 g/mol. The highest BCUT2D eigenvalue weighted by atomic mass is 16.6. The lowest BCUT2D eigenvalue weighted by atomic mass is 10.1. The molecule has 0 N–H and O–H groups in total. The predicted molar refractivity (Wildman–Crippen MR) is 96.4 cm³/mol. The first-order valence-electron chi connectivity index (χ1n) is 8.16. The van der Waals surface area contributed by atoms with Crippen LogP contribution in [0.15, 0.2) is 35.3 Å². The number of nitro groups is 1. The molecule has 2 heterocycles. The molecule has 3 rings (SSSR count). The maximum absolute atomic E-state index is 12.6. The van der Waals surface area contributed by atoms with Gasteiger partial charge in [-0.05, 0) is 32.0 Å². The van der Waals surface area contributed by atoms with Gasteiger partial charge >= 0.3 is 0 Å². The van der Waals surface area contributed by atoms with Gasteiger partial charge in [0.1, 0.15) is 5.75 Å². The molecule has 9 nitrogen and oxygen atoms in total. The van der Waals surface area contributed by atoms with Gasteiger partial charge in [0.2, 0.25) is 0 Å². The monoisotopic (exact) mass is 371 g/mol. The second-order valence-corrected chi connectivity index (χ2v) is 6.33. The van der Waals surface area contributed by atoms with Gasteiger partial charge in [-0.1, -0.05) is 0 Å². The van der Waals surface area contributed by atoms with Crippen molar-refractivity contribution in [3.05, 3.63) is 62.1 Å². The van der Waals surface area contributed by atoms with E-state index < -0.39 is 22.4 Å². The largest absolute Gasteiger partial charge is 0.479 e. The Kier molecular flexibility index (Phi) is 4.52. The van der Waals surface area contributed by atoms with Crippen molar-refractivity contribution in [3.8, 4) is 5.75 Å². The lowest BCUT2D eigenvalue weighted by molar-refractivity contribution is -0.385. The summed E-state index contributed by atoms with van der Waals surface area (Å²) < 4.78 is 6.53. The first kappa shape index (κ1) is 18.3. The fraction of sp³-hybridized carbons (Fsp3) is 0.278. The van der Waals surface area contributed by atoms with Crippen LogP contribution in [0.25, 0.3) is 0 Å². The van der Waals surface area contributed by atoms with Crippen LogP contribution in [0.2, 0.25) is 0 Å². The Labute approximate surface area is 153 Å². The molecular weight excluding hydrogens is 354 g/mol. The number of aromatic nitrogens is 1. The number of carbonyl (C=O) groups is 2. The van der Waals surface area contributed by atoms with E-state index in [0.717, 1.165) is 10.8 Å². The van der Waals surface area contributed by atoms with Crippen LogP contribution in [0.3, 0.4) is 0 Å². The Hall–Kier alpha value is -3.49. The van der Waals surface area contributed by atoms with Crippen LogP contribution < -0.4 is 15.2 Å². The highest BCUT2D eigenvalue weighted by molar-refractivity contribution is 6.02. The molecule has 1 amide bonds. The summed E-state index contributed by atoms with van der Waals surface area (Å²) in [7, 11) is 1.59. The first-order chi connectivity index (χ1) is 12.7. The highest BCUT2D eigenvalue weighted by Crippen LogP contribution is 2.34. The van der Waals surface area contributed by atoms with Gasteiger partial charge < -0.3 is 14.2 Å². The van der Waals surface area contributed by atoms with Crippen molar-refractivity contribution in [1.29, 1.82) is 0 Å². The van der Waals surface area contributed by atoms with Gasteiger partial charge in [0, 0.05) is 24.2 Å². The van der Waals surface area contributed by atoms with Gasteiger partial charge in [0.25, 0.3) is 17.2 Å². The average Bonchev–Trinajstić information content (AvgIpc) is 2.63. The Balaban J connectivity index is 1.94. The Morgan fingerprint density at radius 3 is 2.67 bits per heavy atom. The van der Waals surface area contributed by atoms with Crippen LogP contribution in [0.1, 0.15) is 22.8 Å². The summed E-state index contributed by atoms with van der Waals surface area (Å²) >= 11 is 0. The van der Waals surface area contributed by atoms with E-state index >= 15 is 0 Å². The number of fused-ring (bicyclic) bond motifs is 1. The summed E-state index contributed by atoms with van der Waals surface area (Å²) in [5, 5.41) is 11.0. The number of benzene rings is 1. The number of hydrogen-bond donors (Lipinski definition) is 0. The summed E-state index contributed by atoms with van der Waals surface area (Å²) in [6.07, 6.45) is 0.432. The van der Waals surface area contributed by atoms with Crippen LogP contribution in [-0.4, -0.2) is 34.3 Å². The van der Waals surface area contributed by atoms with E-state index in [1.807, 2.05) is 0 Å². The number of pyridine rings is 1. The van der Waals surface area contributed by atoms with Gasteiger partial charge in [-0.25, -0.2) is 0 Å². The maximum atomic E-state index is 12.6. The summed E-state index contributed by atoms with van der Waals surface area (Å²) in [5.41, 5.74) is 0.152. The van der Waals surface area contributed by atoms with Crippen molar-refractivity contribution in [1.82, 2.24) is 4.57 Å². The molecule has 27 heavy (non-hydrogen) atoms. The molecule has 0 spiro atoms. The molecule has 0 saturated heterocycles. The Morgan fingerprint density at radius 1 is 1.30 bits per heavy atom. The van der Waals surface area contributed by atoms with Gasteiger partial charge in [0.15, 0.2) is 11.9 Å². The standard InChI is InChI=1S/C18H17N3O6/c1-10-6-13(21(25)26)8-20(17(10)23)9-15(22)12-4-5-16-14(7-12)19(3)18(24)11(2)27-16/h4-8,11H,9H2,1-3H3. The quantitative estimate of drug-likeness (QED) is 0.459. The lowest BCUT2D eigenvalue weighted by Gasteiger charge is -2.30. The number of Topliss-reactive ketones (excluding diaryl/α,β-unsaturated/α-hetero) is 1. The Morgan fingerprint density at radius 2 is 2.00 bits per heavy atom. The van der Waals surface area contributed by atoms with E-state index in [1.54, 1.807) is 20.0 Å². The molecule has 0 saturated carbocycles. The number of carbonyl (C=O) groups excluding carboxylic acids is 2. The Bertz CT molecular complexity index is 1030. The van der Waals surface area contributed by atoms with E-state index in [0.29, 0.717) is 11.4 Å². The molecular formula is C18H17N3O6. The predicted octanol–water partition coefficient (Wildman–Crippen LogP) is 1.69. The number of aryl methyl sites for hydroxylation is 1. The molecule has 0 fully saturated rings. The fourth-order valence-electron chi connectivity index (χ4n) is 2.91. The third-order valence-electron chi connectivity index (χ3n) is 4.40. The minimum atomic E-state index is -0.620. The molecule has 1 aliphatic rings. The fourth-order valence-corrected chi connectivity index (χ4v) is 2.91. The van der Waals surface area contributed by atoms with Gasteiger partial charge in [-0.3, -0.25) is 24.5 Å². The molecule has 1 aromatic heterocycles. The number of ether oxygens (including phenoxy) is 1. The second kappa shape index (κ2) is 6.67. The number of rotatable bonds is 4. The van der Waals surface area contributed by atoms with Crippen molar-refractivity contribution >= 4 is 23.1 Å². The van der Waals surface area contributed by atoms with E-state index in [-0.39, 0.29) is 29.3 Å². The summed E-state index contributed by atoms with van der Waals surface area (Å²) in [6.45, 7) is 2.74. The van der Waals surface area contributed by atoms with Gasteiger partial charge in [-0.15, -0.1) is 0 Å². The summed E-state index contributed by atoms with van der Waals surface area (Å²) in [6, 6.07) is 5.80. The summed E-state index contributed by atoms with van der Waals surface area (Å²) in [4.78, 5) is 48.6. The zero-order valence-corrected chi connectivity index (χ0v) is 15.0. The summed E-state index contributed by atoms with van der Waals surface area (Å²) in [5.74, 6) is -0.179. The SMILES string of the molecule is Cc1cc([N+](=O)[O-])cn(CC(=O)c2ccc3c(c2)N(C)C(=O)C(C)O3)c1=O.